The highest BCUT2D eigenvalue weighted by Crippen LogP contribution is 2.33. The summed E-state index contributed by atoms with van der Waals surface area (Å²) in [6, 6.07) is 7.93. The molecule has 0 spiro atoms. The van der Waals surface area contributed by atoms with Gasteiger partial charge in [-0.25, -0.2) is 0 Å². The molecule has 1 aromatic rings. The van der Waals surface area contributed by atoms with Gasteiger partial charge in [0.15, 0.2) is 0 Å². The maximum atomic E-state index is 13.1. The van der Waals surface area contributed by atoms with Gasteiger partial charge in [0.2, 0.25) is 11.8 Å². The van der Waals surface area contributed by atoms with E-state index in [9.17, 15) is 9.59 Å². The van der Waals surface area contributed by atoms with Gasteiger partial charge < -0.3 is 14.5 Å². The van der Waals surface area contributed by atoms with Crippen LogP contribution in [0.25, 0.3) is 0 Å². The lowest BCUT2D eigenvalue weighted by atomic mass is 9.93. The Balaban J connectivity index is 1.62. The first-order valence-electron chi connectivity index (χ1n) is 9.78. The molecule has 1 heterocycles. The molecule has 0 bridgehead atoms. The van der Waals surface area contributed by atoms with E-state index >= 15 is 0 Å². The zero-order valence-corrected chi connectivity index (χ0v) is 16.1. The molecule has 1 unspecified atom stereocenters. The summed E-state index contributed by atoms with van der Waals surface area (Å²) >= 11 is 0. The summed E-state index contributed by atoms with van der Waals surface area (Å²) in [5.74, 6) is 1.60. The van der Waals surface area contributed by atoms with Crippen LogP contribution in [-0.4, -0.2) is 48.4 Å². The van der Waals surface area contributed by atoms with Crippen molar-refractivity contribution in [1.82, 2.24) is 9.80 Å². The number of hydrogen-bond donors (Lipinski definition) is 0. The molecule has 3 rings (SSSR count). The molecular weight excluding hydrogens is 328 g/mol. The standard InChI is InChI=1S/C21H30N2O3/c1-4-23(15(2)18-6-5-7-19(14-18)26-3)21(25)17-10-12-22(13-11-17)20(24)16-8-9-16/h5-7,14-17H,4,8-13H2,1-3H3. The maximum Gasteiger partial charge on any atom is 0.226 e. The lowest BCUT2D eigenvalue weighted by Crippen LogP contribution is -2.45. The van der Waals surface area contributed by atoms with Crippen LogP contribution in [-0.2, 0) is 9.59 Å². The highest BCUT2D eigenvalue weighted by molar-refractivity contribution is 5.82. The summed E-state index contributed by atoms with van der Waals surface area (Å²) in [5, 5.41) is 0. The molecule has 1 saturated heterocycles. The van der Waals surface area contributed by atoms with Gasteiger partial charge in [-0.15, -0.1) is 0 Å². The van der Waals surface area contributed by atoms with Crippen LogP contribution in [0, 0.1) is 11.8 Å². The van der Waals surface area contributed by atoms with Crippen molar-refractivity contribution in [2.24, 2.45) is 11.8 Å². The minimum absolute atomic E-state index is 0.00808. The van der Waals surface area contributed by atoms with Crippen LogP contribution in [0.4, 0.5) is 0 Å². The molecule has 26 heavy (non-hydrogen) atoms. The average Bonchev–Trinajstić information content (AvgIpc) is 3.53. The molecule has 2 fully saturated rings. The number of piperidine rings is 1. The Morgan fingerprint density at radius 1 is 1.19 bits per heavy atom. The zero-order valence-electron chi connectivity index (χ0n) is 16.1. The summed E-state index contributed by atoms with van der Waals surface area (Å²) in [6.45, 7) is 6.22. The number of methoxy groups -OCH3 is 1. The smallest absolute Gasteiger partial charge is 0.226 e. The topological polar surface area (TPSA) is 49.9 Å². The molecule has 1 saturated carbocycles. The van der Waals surface area contributed by atoms with Gasteiger partial charge in [0.25, 0.3) is 0 Å². The second kappa shape index (κ2) is 8.11. The van der Waals surface area contributed by atoms with E-state index < -0.39 is 0 Å². The number of carbonyl (C=O) groups is 2. The zero-order chi connectivity index (χ0) is 18.7. The van der Waals surface area contributed by atoms with Crippen molar-refractivity contribution in [3.63, 3.8) is 0 Å². The molecule has 2 amide bonds. The van der Waals surface area contributed by atoms with Crippen LogP contribution < -0.4 is 4.74 Å². The predicted molar refractivity (Wildman–Crippen MR) is 101 cm³/mol. The second-order valence-corrected chi connectivity index (χ2v) is 7.45. The fraction of sp³-hybridized carbons (Fsp3) is 0.619. The molecule has 1 aromatic carbocycles. The Hall–Kier alpha value is -2.04. The van der Waals surface area contributed by atoms with Gasteiger partial charge in [-0.2, -0.15) is 0 Å². The molecule has 2 aliphatic rings. The average molecular weight is 358 g/mol. The van der Waals surface area contributed by atoms with Crippen LogP contribution in [0.5, 0.6) is 5.75 Å². The van der Waals surface area contributed by atoms with Crippen LogP contribution in [0.2, 0.25) is 0 Å². The summed E-state index contributed by atoms with van der Waals surface area (Å²) in [5.41, 5.74) is 1.08. The summed E-state index contributed by atoms with van der Waals surface area (Å²) in [4.78, 5) is 29.2. The van der Waals surface area contributed by atoms with Crippen LogP contribution in [0.15, 0.2) is 24.3 Å². The number of benzene rings is 1. The largest absolute Gasteiger partial charge is 0.497 e. The number of hydrogen-bond acceptors (Lipinski definition) is 3. The Morgan fingerprint density at radius 2 is 1.88 bits per heavy atom. The summed E-state index contributed by atoms with van der Waals surface area (Å²) in [7, 11) is 1.66. The lowest BCUT2D eigenvalue weighted by Gasteiger charge is -2.36. The number of rotatable bonds is 6. The summed E-state index contributed by atoms with van der Waals surface area (Å²) < 4.78 is 5.31. The van der Waals surface area contributed by atoms with Gasteiger partial charge in [-0.05, 0) is 57.2 Å². The molecule has 0 aromatic heterocycles. The molecule has 0 radical (unpaired) electrons. The van der Waals surface area contributed by atoms with Gasteiger partial charge >= 0.3 is 0 Å². The molecule has 5 nitrogen and oxygen atoms in total. The van der Waals surface area contributed by atoms with Gasteiger partial charge in [-0.1, -0.05) is 12.1 Å². The normalized spacial score (nSPS) is 19.1. The first kappa shape index (κ1) is 18.7. The highest BCUT2D eigenvalue weighted by atomic mass is 16.5. The molecule has 1 aliphatic heterocycles. The fourth-order valence-corrected chi connectivity index (χ4v) is 3.87. The van der Waals surface area contributed by atoms with Crippen LogP contribution in [0.3, 0.4) is 0 Å². The molecule has 1 aliphatic carbocycles. The maximum absolute atomic E-state index is 13.1. The van der Waals surface area contributed by atoms with Crippen molar-refractivity contribution in [1.29, 1.82) is 0 Å². The Labute approximate surface area is 156 Å². The third-order valence-corrected chi connectivity index (χ3v) is 5.75. The predicted octanol–water partition coefficient (Wildman–Crippen LogP) is 3.25. The van der Waals surface area contributed by atoms with Crippen molar-refractivity contribution < 1.29 is 14.3 Å². The van der Waals surface area contributed by atoms with Crippen molar-refractivity contribution in [3.05, 3.63) is 29.8 Å². The highest BCUT2D eigenvalue weighted by Gasteiger charge is 2.37. The first-order valence-corrected chi connectivity index (χ1v) is 9.78. The molecule has 1 atom stereocenters. The number of amides is 2. The molecular formula is C21H30N2O3. The SMILES string of the molecule is CCN(C(=O)C1CCN(C(=O)C2CC2)CC1)C(C)c1cccc(OC)c1. The van der Waals surface area contributed by atoms with E-state index in [1.54, 1.807) is 7.11 Å². The van der Waals surface area contributed by atoms with Gasteiger partial charge in [0.1, 0.15) is 5.75 Å². The van der Waals surface area contributed by atoms with E-state index in [4.69, 9.17) is 4.74 Å². The van der Waals surface area contributed by atoms with E-state index in [1.807, 2.05) is 41.0 Å². The Bertz CT molecular complexity index is 648. The van der Waals surface area contributed by atoms with Gasteiger partial charge in [-0.3, -0.25) is 9.59 Å². The monoisotopic (exact) mass is 358 g/mol. The van der Waals surface area contributed by atoms with E-state index in [0.717, 1.165) is 50.1 Å². The molecule has 0 N–H and O–H groups in total. The van der Waals surface area contributed by atoms with Crippen molar-refractivity contribution in [2.75, 3.05) is 26.7 Å². The second-order valence-electron chi connectivity index (χ2n) is 7.45. The number of carbonyl (C=O) groups excluding carboxylic acids is 2. The van der Waals surface area contributed by atoms with Crippen LogP contribution in [0.1, 0.15) is 51.1 Å². The summed E-state index contributed by atoms with van der Waals surface area (Å²) in [6.07, 6.45) is 3.63. The number of ether oxygens (including phenoxy) is 1. The molecule has 142 valence electrons. The minimum Gasteiger partial charge on any atom is -0.497 e. The van der Waals surface area contributed by atoms with Gasteiger partial charge in [0.05, 0.1) is 13.2 Å². The fourth-order valence-electron chi connectivity index (χ4n) is 3.87. The Kier molecular flexibility index (Phi) is 5.84. The number of likely N-dealkylation sites (tertiary alicyclic amines) is 1. The van der Waals surface area contributed by atoms with E-state index in [0.29, 0.717) is 12.5 Å². The quantitative estimate of drug-likeness (QED) is 0.784. The lowest BCUT2D eigenvalue weighted by molar-refractivity contribution is -0.142. The van der Waals surface area contributed by atoms with Crippen molar-refractivity contribution >= 4 is 11.8 Å². The molecule has 5 heteroatoms. The Morgan fingerprint density at radius 3 is 2.46 bits per heavy atom. The van der Waals surface area contributed by atoms with Gasteiger partial charge in [0, 0.05) is 31.5 Å². The first-order chi connectivity index (χ1) is 12.5. The third-order valence-electron chi connectivity index (χ3n) is 5.75. The van der Waals surface area contributed by atoms with Crippen molar-refractivity contribution in [2.45, 2.75) is 45.6 Å². The van der Waals surface area contributed by atoms with E-state index in [2.05, 4.69) is 6.92 Å². The minimum atomic E-state index is 0.00808. The van der Waals surface area contributed by atoms with E-state index in [1.165, 1.54) is 0 Å². The third kappa shape index (κ3) is 4.02. The van der Waals surface area contributed by atoms with Crippen molar-refractivity contribution in [3.8, 4) is 5.75 Å². The number of nitrogens with zero attached hydrogens (tertiary/aromatic N) is 2. The van der Waals surface area contributed by atoms with E-state index in [-0.39, 0.29) is 23.8 Å². The van der Waals surface area contributed by atoms with Crippen LogP contribution >= 0.6 is 0 Å².